The molecular formula is C27H35N5O3S2. The third kappa shape index (κ3) is 5.56. The van der Waals surface area contributed by atoms with Gasteiger partial charge in [-0.1, -0.05) is 18.2 Å². The number of pyridine rings is 1. The van der Waals surface area contributed by atoms with Gasteiger partial charge in [-0.25, -0.2) is 8.42 Å². The van der Waals surface area contributed by atoms with Gasteiger partial charge < -0.3 is 14.7 Å². The van der Waals surface area contributed by atoms with Gasteiger partial charge in [0.2, 0.25) is 15.9 Å². The number of amides is 1. The van der Waals surface area contributed by atoms with E-state index in [-0.39, 0.29) is 36.8 Å². The van der Waals surface area contributed by atoms with Crippen molar-refractivity contribution in [2.45, 2.75) is 17.7 Å². The molecule has 3 heterocycles. The Labute approximate surface area is 226 Å². The van der Waals surface area contributed by atoms with E-state index in [1.165, 1.54) is 4.31 Å². The van der Waals surface area contributed by atoms with Gasteiger partial charge in [-0.2, -0.15) is 17.8 Å². The number of aromatic nitrogens is 1. The van der Waals surface area contributed by atoms with Gasteiger partial charge in [0.15, 0.2) is 0 Å². The molecule has 0 radical (unpaired) electrons. The first kappa shape index (κ1) is 27.2. The molecule has 2 aliphatic rings. The first-order chi connectivity index (χ1) is 17.3. The van der Waals surface area contributed by atoms with E-state index in [1.54, 1.807) is 12.1 Å². The van der Waals surface area contributed by atoms with Gasteiger partial charge in [-0.15, -0.1) is 0 Å². The lowest BCUT2D eigenvalue weighted by Gasteiger charge is -2.39. The molecule has 37 heavy (non-hydrogen) atoms. The third-order valence-corrected chi connectivity index (χ3v) is 9.16. The number of piperidine rings is 1. The average molecular weight is 542 g/mol. The number of sulfonamides is 1. The second kappa shape index (κ2) is 11.3. The highest BCUT2D eigenvalue weighted by molar-refractivity contribution is 7.89. The molecule has 2 aliphatic heterocycles. The second-order valence-electron chi connectivity index (χ2n) is 9.75. The van der Waals surface area contributed by atoms with Gasteiger partial charge in [0.25, 0.3) is 0 Å². The van der Waals surface area contributed by atoms with Crippen LogP contribution in [0, 0.1) is 5.92 Å². The molecule has 2 fully saturated rings. The third-order valence-electron chi connectivity index (χ3n) is 7.28. The molecule has 2 aromatic carbocycles. The topological polar surface area (TPSA) is 77.1 Å². The Bertz CT molecular complexity index is 1330. The van der Waals surface area contributed by atoms with Crippen LogP contribution in [0.5, 0.6) is 0 Å². The SMILES string of the molecule is CN(C)c1ccc(S(=O)(=O)N2CCC[C@H](C(=O)N3CCN(c4ccnc5ccccc45)CC3)C2)cc1.S. The summed E-state index contributed by atoms with van der Waals surface area (Å²) in [5.41, 5.74) is 3.05. The van der Waals surface area contributed by atoms with Crippen LogP contribution in [0.15, 0.2) is 65.7 Å². The predicted molar refractivity (Wildman–Crippen MR) is 153 cm³/mol. The van der Waals surface area contributed by atoms with Crippen LogP contribution in [0.25, 0.3) is 10.9 Å². The smallest absolute Gasteiger partial charge is 0.243 e. The highest BCUT2D eigenvalue weighted by Crippen LogP contribution is 2.29. The summed E-state index contributed by atoms with van der Waals surface area (Å²) < 4.78 is 28.1. The van der Waals surface area contributed by atoms with Crippen molar-refractivity contribution in [3.63, 3.8) is 0 Å². The zero-order valence-corrected chi connectivity index (χ0v) is 23.2. The van der Waals surface area contributed by atoms with Gasteiger partial charge >= 0.3 is 0 Å². The summed E-state index contributed by atoms with van der Waals surface area (Å²) in [7, 11) is 0.203. The van der Waals surface area contributed by atoms with E-state index in [4.69, 9.17) is 0 Å². The summed E-state index contributed by atoms with van der Waals surface area (Å²) in [5.74, 6) is -0.236. The summed E-state index contributed by atoms with van der Waals surface area (Å²) in [6, 6.07) is 17.1. The van der Waals surface area contributed by atoms with Gasteiger partial charge in [0, 0.05) is 76.3 Å². The Morgan fingerprint density at radius 2 is 1.65 bits per heavy atom. The van der Waals surface area contributed by atoms with E-state index in [9.17, 15) is 13.2 Å². The van der Waals surface area contributed by atoms with E-state index >= 15 is 0 Å². The van der Waals surface area contributed by atoms with E-state index in [0.29, 0.717) is 26.1 Å². The number of fused-ring (bicyclic) bond motifs is 1. The van der Waals surface area contributed by atoms with E-state index in [2.05, 4.69) is 16.0 Å². The zero-order valence-electron chi connectivity index (χ0n) is 21.4. The molecule has 2 saturated heterocycles. The van der Waals surface area contributed by atoms with Crippen LogP contribution in [0.3, 0.4) is 0 Å². The van der Waals surface area contributed by atoms with Crippen molar-refractivity contribution in [1.29, 1.82) is 0 Å². The summed E-state index contributed by atoms with van der Waals surface area (Å²) in [4.78, 5) is 24.3. The molecule has 0 unspecified atom stereocenters. The Morgan fingerprint density at radius 3 is 2.35 bits per heavy atom. The van der Waals surface area contributed by atoms with Crippen LogP contribution in [0.1, 0.15) is 12.8 Å². The highest BCUT2D eigenvalue weighted by atomic mass is 32.2. The molecule has 1 aromatic heterocycles. The molecule has 0 N–H and O–H groups in total. The van der Waals surface area contributed by atoms with Crippen molar-refractivity contribution in [3.8, 4) is 0 Å². The van der Waals surface area contributed by atoms with Crippen LogP contribution in [-0.2, 0) is 14.8 Å². The van der Waals surface area contributed by atoms with Crippen molar-refractivity contribution in [2.75, 3.05) is 63.2 Å². The maximum Gasteiger partial charge on any atom is 0.243 e. The van der Waals surface area contributed by atoms with Gasteiger partial charge in [0.05, 0.1) is 16.3 Å². The number of carbonyl (C=O) groups excluding carboxylic acids is 1. The minimum absolute atomic E-state index is 0. The molecule has 10 heteroatoms. The standard InChI is InChI=1S/C27H33N5O3S.H2S/c1-29(2)22-9-11-23(12-10-22)36(34,35)32-15-5-6-21(20-32)27(33)31-18-16-30(17-19-31)26-13-14-28-25-8-4-3-7-24(25)26;/h3-4,7-14,21H,5-6,15-20H2,1-2H3;1H2/t21-;/m0./s1. The van der Waals surface area contributed by atoms with Crippen LogP contribution < -0.4 is 9.80 Å². The largest absolute Gasteiger partial charge is 0.378 e. The summed E-state index contributed by atoms with van der Waals surface area (Å²) in [6.45, 7) is 3.44. The maximum atomic E-state index is 13.4. The molecule has 8 nitrogen and oxygen atoms in total. The van der Waals surface area contributed by atoms with Crippen LogP contribution in [0.4, 0.5) is 11.4 Å². The number of nitrogens with zero attached hydrogens (tertiary/aromatic N) is 5. The van der Waals surface area contributed by atoms with E-state index < -0.39 is 10.0 Å². The molecule has 1 amide bonds. The van der Waals surface area contributed by atoms with Gasteiger partial charge in [0.1, 0.15) is 0 Å². The quantitative estimate of drug-likeness (QED) is 0.494. The lowest BCUT2D eigenvalue weighted by molar-refractivity contribution is -0.137. The molecule has 0 spiro atoms. The first-order valence-electron chi connectivity index (χ1n) is 12.5. The Balaban J connectivity index is 0.00000320. The van der Waals surface area contributed by atoms with Crippen molar-refractivity contribution in [2.24, 2.45) is 5.92 Å². The lowest BCUT2D eigenvalue weighted by atomic mass is 9.97. The summed E-state index contributed by atoms with van der Waals surface area (Å²) >= 11 is 0. The Morgan fingerprint density at radius 1 is 0.946 bits per heavy atom. The molecule has 198 valence electrons. The minimum Gasteiger partial charge on any atom is -0.378 e. The molecular weight excluding hydrogens is 506 g/mol. The lowest BCUT2D eigenvalue weighted by Crippen LogP contribution is -2.53. The Kier molecular flexibility index (Phi) is 8.30. The molecule has 1 atom stereocenters. The number of benzene rings is 2. The zero-order chi connectivity index (χ0) is 25.3. The number of anilines is 2. The van der Waals surface area contributed by atoms with Crippen LogP contribution >= 0.6 is 13.5 Å². The number of piperazine rings is 1. The maximum absolute atomic E-state index is 13.4. The minimum atomic E-state index is -3.64. The second-order valence-corrected chi connectivity index (χ2v) is 11.7. The van der Waals surface area contributed by atoms with Gasteiger partial charge in [-0.05, 0) is 49.2 Å². The number of para-hydroxylation sites is 1. The fourth-order valence-corrected chi connectivity index (χ4v) is 6.73. The number of hydrogen-bond acceptors (Lipinski definition) is 6. The number of rotatable bonds is 5. The average Bonchev–Trinajstić information content (AvgIpc) is 2.92. The van der Waals surface area contributed by atoms with Crippen molar-refractivity contribution in [3.05, 3.63) is 60.8 Å². The molecule has 5 rings (SSSR count). The number of carbonyl (C=O) groups is 1. The fourth-order valence-electron chi connectivity index (χ4n) is 5.21. The van der Waals surface area contributed by atoms with E-state index in [1.807, 2.05) is 66.5 Å². The van der Waals surface area contributed by atoms with E-state index in [0.717, 1.165) is 41.8 Å². The van der Waals surface area contributed by atoms with Crippen molar-refractivity contribution >= 4 is 51.7 Å². The summed E-state index contributed by atoms with van der Waals surface area (Å²) in [6.07, 6.45) is 3.24. The van der Waals surface area contributed by atoms with Crippen LogP contribution in [-0.4, -0.2) is 81.9 Å². The van der Waals surface area contributed by atoms with Crippen molar-refractivity contribution < 1.29 is 13.2 Å². The number of hydrogen-bond donors (Lipinski definition) is 0. The first-order valence-corrected chi connectivity index (χ1v) is 13.9. The molecule has 0 saturated carbocycles. The molecule has 3 aromatic rings. The fraction of sp³-hybridized carbons (Fsp3) is 0.407. The summed E-state index contributed by atoms with van der Waals surface area (Å²) in [5, 5.41) is 1.12. The predicted octanol–water partition coefficient (Wildman–Crippen LogP) is 3.16. The normalized spacial score (nSPS) is 18.9. The highest BCUT2D eigenvalue weighted by Gasteiger charge is 2.36. The molecule has 0 aliphatic carbocycles. The van der Waals surface area contributed by atoms with Crippen molar-refractivity contribution in [1.82, 2.24) is 14.2 Å². The van der Waals surface area contributed by atoms with Gasteiger partial charge in [-0.3, -0.25) is 9.78 Å². The Hall–Kier alpha value is -2.82. The monoisotopic (exact) mass is 541 g/mol. The molecule has 0 bridgehead atoms. The van der Waals surface area contributed by atoms with Crippen LogP contribution in [0.2, 0.25) is 0 Å².